The van der Waals surface area contributed by atoms with Crippen molar-refractivity contribution in [3.05, 3.63) is 38.8 Å². The van der Waals surface area contributed by atoms with Crippen LogP contribution < -0.4 is 5.32 Å². The van der Waals surface area contributed by atoms with Crippen molar-refractivity contribution in [3.63, 3.8) is 0 Å². The van der Waals surface area contributed by atoms with Crippen LogP contribution in [-0.4, -0.2) is 13.1 Å². The number of nitrogens with one attached hydrogen (secondary N) is 1. The van der Waals surface area contributed by atoms with Gasteiger partial charge in [-0.3, -0.25) is 0 Å². The molecular weight excluding hydrogens is 334 g/mol. The summed E-state index contributed by atoms with van der Waals surface area (Å²) in [5, 5.41) is 4.31. The van der Waals surface area contributed by atoms with E-state index in [2.05, 4.69) is 40.3 Å². The molecule has 0 amide bonds. The van der Waals surface area contributed by atoms with E-state index in [-0.39, 0.29) is 0 Å². The molecule has 0 saturated heterocycles. The van der Waals surface area contributed by atoms with Gasteiger partial charge in [0.25, 0.3) is 0 Å². The molecule has 1 nitrogen and oxygen atoms in total. The van der Waals surface area contributed by atoms with Gasteiger partial charge in [0.05, 0.1) is 0 Å². The fourth-order valence-corrected chi connectivity index (χ4v) is 3.43. The fourth-order valence-electron chi connectivity index (χ4n) is 2.88. The third-order valence-electron chi connectivity index (χ3n) is 4.01. The van der Waals surface area contributed by atoms with E-state index in [1.54, 1.807) is 0 Å². The summed E-state index contributed by atoms with van der Waals surface area (Å²) in [5.41, 5.74) is 2.63. The average molecular weight is 357 g/mol. The topological polar surface area (TPSA) is 12.0 Å². The lowest BCUT2D eigenvalue weighted by atomic mass is 9.83. The van der Waals surface area contributed by atoms with E-state index in [4.69, 9.17) is 11.6 Å². The quantitative estimate of drug-likeness (QED) is 0.716. The van der Waals surface area contributed by atoms with Gasteiger partial charge in [-0.05, 0) is 49.1 Å². The molecule has 1 aromatic carbocycles. The second-order valence-electron chi connectivity index (χ2n) is 5.50. The third-order valence-corrected chi connectivity index (χ3v) is 4.85. The predicted molar refractivity (Wildman–Crippen MR) is 92.2 cm³/mol. The van der Waals surface area contributed by atoms with Crippen molar-refractivity contribution in [2.45, 2.75) is 39.0 Å². The van der Waals surface area contributed by atoms with Crippen molar-refractivity contribution in [2.75, 3.05) is 13.1 Å². The Hall–Kier alpha value is -0.310. The van der Waals surface area contributed by atoms with E-state index < -0.39 is 0 Å². The minimum Gasteiger partial charge on any atom is -0.313 e. The average Bonchev–Trinajstić information content (AvgIpc) is 2.48. The van der Waals surface area contributed by atoms with Crippen LogP contribution in [0.3, 0.4) is 0 Å². The van der Waals surface area contributed by atoms with Crippen LogP contribution in [0.4, 0.5) is 0 Å². The van der Waals surface area contributed by atoms with Crippen molar-refractivity contribution >= 4 is 33.6 Å². The Morgan fingerprint density at radius 1 is 1.35 bits per heavy atom. The van der Waals surface area contributed by atoms with Crippen molar-refractivity contribution in [2.24, 2.45) is 5.92 Å². The third kappa shape index (κ3) is 4.61. The van der Waals surface area contributed by atoms with Crippen LogP contribution in [0.2, 0.25) is 5.02 Å². The number of rotatable bonds is 5. The Balaban J connectivity index is 2.23. The minimum absolute atomic E-state index is 0.720. The summed E-state index contributed by atoms with van der Waals surface area (Å²) in [6.45, 7) is 4.14. The highest BCUT2D eigenvalue weighted by Gasteiger charge is 2.17. The van der Waals surface area contributed by atoms with E-state index >= 15 is 0 Å². The molecule has 1 aliphatic carbocycles. The number of hydrogen-bond donors (Lipinski definition) is 1. The summed E-state index contributed by atoms with van der Waals surface area (Å²) >= 11 is 9.86. The monoisotopic (exact) mass is 355 g/mol. The van der Waals surface area contributed by atoms with Crippen molar-refractivity contribution in [1.82, 2.24) is 5.32 Å². The normalized spacial score (nSPS) is 17.4. The van der Waals surface area contributed by atoms with Gasteiger partial charge in [0, 0.05) is 16.0 Å². The summed E-state index contributed by atoms with van der Waals surface area (Å²) in [6.07, 6.45) is 9.06. The lowest BCUT2D eigenvalue weighted by Crippen LogP contribution is -2.22. The molecule has 0 atom stereocenters. The summed E-state index contributed by atoms with van der Waals surface area (Å²) in [5.74, 6) is 0.720. The molecule has 110 valence electrons. The summed E-state index contributed by atoms with van der Waals surface area (Å²) in [7, 11) is 0. The number of hydrogen-bond acceptors (Lipinski definition) is 1. The van der Waals surface area contributed by atoms with Gasteiger partial charge in [0.1, 0.15) is 0 Å². The van der Waals surface area contributed by atoms with Gasteiger partial charge in [-0.15, -0.1) is 0 Å². The number of benzene rings is 1. The van der Waals surface area contributed by atoms with E-state index in [1.165, 1.54) is 37.7 Å². The zero-order chi connectivity index (χ0) is 14.4. The van der Waals surface area contributed by atoms with Gasteiger partial charge in [0.2, 0.25) is 0 Å². The van der Waals surface area contributed by atoms with Gasteiger partial charge in [-0.25, -0.2) is 0 Å². The highest BCUT2D eigenvalue weighted by molar-refractivity contribution is 9.10. The predicted octanol–water partition coefficient (Wildman–Crippen LogP) is 5.68. The minimum atomic E-state index is 0.720. The van der Waals surface area contributed by atoms with Gasteiger partial charge in [-0.1, -0.05) is 65.4 Å². The Bertz CT molecular complexity index is 464. The smallest absolute Gasteiger partial charge is 0.0479 e. The van der Waals surface area contributed by atoms with Crippen LogP contribution in [-0.2, 0) is 0 Å². The molecule has 0 aromatic heterocycles. The van der Waals surface area contributed by atoms with Crippen LogP contribution >= 0.6 is 27.5 Å². The maximum atomic E-state index is 6.33. The second kappa shape index (κ2) is 8.21. The molecule has 2 rings (SSSR count). The van der Waals surface area contributed by atoms with Crippen molar-refractivity contribution < 1.29 is 0 Å². The van der Waals surface area contributed by atoms with E-state index in [0.717, 1.165) is 34.1 Å². The second-order valence-corrected chi connectivity index (χ2v) is 6.82. The molecule has 0 spiro atoms. The van der Waals surface area contributed by atoms with Gasteiger partial charge in [0.15, 0.2) is 0 Å². The molecule has 0 unspecified atom stereocenters. The van der Waals surface area contributed by atoms with Crippen LogP contribution in [0.1, 0.15) is 44.6 Å². The van der Waals surface area contributed by atoms with Crippen molar-refractivity contribution in [1.29, 1.82) is 0 Å². The molecule has 1 aromatic rings. The standard InChI is InChI=1S/C17H23BrClN/c1-2-20-12-15(13-6-4-3-5-7-13)10-14-11-16(18)8-9-17(14)19/h8-11,13,20H,2-7,12H2,1H3/b15-10-. The molecule has 3 heteroatoms. The van der Waals surface area contributed by atoms with Gasteiger partial charge >= 0.3 is 0 Å². The largest absolute Gasteiger partial charge is 0.313 e. The molecule has 1 N–H and O–H groups in total. The Morgan fingerprint density at radius 3 is 2.80 bits per heavy atom. The number of halogens is 2. The Labute approximate surface area is 135 Å². The van der Waals surface area contributed by atoms with Crippen LogP contribution in [0, 0.1) is 5.92 Å². The van der Waals surface area contributed by atoms with Crippen LogP contribution in [0.25, 0.3) is 6.08 Å². The first-order chi connectivity index (χ1) is 9.70. The van der Waals surface area contributed by atoms with Crippen molar-refractivity contribution in [3.8, 4) is 0 Å². The molecule has 0 aliphatic heterocycles. The first kappa shape index (κ1) is 16.1. The molecule has 0 bridgehead atoms. The lowest BCUT2D eigenvalue weighted by Gasteiger charge is -2.25. The van der Waals surface area contributed by atoms with Crippen LogP contribution in [0.15, 0.2) is 28.2 Å². The van der Waals surface area contributed by atoms with E-state index in [9.17, 15) is 0 Å². The highest BCUT2D eigenvalue weighted by atomic mass is 79.9. The molecule has 20 heavy (non-hydrogen) atoms. The van der Waals surface area contributed by atoms with Crippen LogP contribution in [0.5, 0.6) is 0 Å². The summed E-state index contributed by atoms with van der Waals surface area (Å²) in [4.78, 5) is 0. The maximum Gasteiger partial charge on any atom is 0.0479 e. The molecule has 1 fully saturated rings. The molecule has 1 saturated carbocycles. The fraction of sp³-hybridized carbons (Fsp3) is 0.529. The first-order valence-electron chi connectivity index (χ1n) is 7.57. The molecule has 0 heterocycles. The Morgan fingerprint density at radius 2 is 2.10 bits per heavy atom. The highest BCUT2D eigenvalue weighted by Crippen LogP contribution is 2.32. The van der Waals surface area contributed by atoms with Gasteiger partial charge < -0.3 is 5.32 Å². The zero-order valence-electron chi connectivity index (χ0n) is 12.1. The molecule has 0 radical (unpaired) electrons. The summed E-state index contributed by atoms with van der Waals surface area (Å²) < 4.78 is 1.08. The maximum absolute atomic E-state index is 6.33. The first-order valence-corrected chi connectivity index (χ1v) is 8.74. The van der Waals surface area contributed by atoms with Gasteiger partial charge in [-0.2, -0.15) is 0 Å². The Kier molecular flexibility index (Phi) is 6.60. The number of likely N-dealkylation sites (N-methyl/N-ethyl adjacent to an activating group) is 1. The lowest BCUT2D eigenvalue weighted by molar-refractivity contribution is 0.397. The molecule has 1 aliphatic rings. The van der Waals surface area contributed by atoms with E-state index in [0.29, 0.717) is 0 Å². The van der Waals surface area contributed by atoms with E-state index in [1.807, 2.05) is 12.1 Å². The SMILES string of the molecule is CCNC/C(=C/c1cc(Br)ccc1Cl)C1CCCCC1. The molecular formula is C17H23BrClN. The zero-order valence-corrected chi connectivity index (χ0v) is 14.4. The summed E-state index contributed by atoms with van der Waals surface area (Å²) in [6, 6.07) is 6.06.